The molecule has 2 N–H and O–H groups in total. The molecule has 1 amide bonds. The molecular weight excluding hydrogens is 262 g/mol. The standard InChI is InChI=1S/C17H17N3O/c1-11-6-5-9-18-17(11)20-16(21)10-14-12(2)19-15-8-4-3-7-13(14)15/h3-9,19H,10H2,1-2H3,(H,18,20,21). The largest absolute Gasteiger partial charge is 0.358 e. The summed E-state index contributed by atoms with van der Waals surface area (Å²) in [5.41, 5.74) is 4.09. The summed E-state index contributed by atoms with van der Waals surface area (Å²) in [6.45, 7) is 3.92. The van der Waals surface area contributed by atoms with Crippen molar-refractivity contribution in [2.75, 3.05) is 5.32 Å². The highest BCUT2D eigenvalue weighted by atomic mass is 16.1. The van der Waals surface area contributed by atoms with Gasteiger partial charge >= 0.3 is 0 Å². The van der Waals surface area contributed by atoms with E-state index in [2.05, 4.69) is 15.3 Å². The Labute approximate surface area is 123 Å². The molecule has 0 radical (unpaired) electrons. The number of carbonyl (C=O) groups excluding carboxylic acids is 1. The lowest BCUT2D eigenvalue weighted by Crippen LogP contribution is -2.16. The third kappa shape index (κ3) is 2.65. The number of aryl methyl sites for hydroxylation is 2. The van der Waals surface area contributed by atoms with Crippen LogP contribution in [-0.4, -0.2) is 15.9 Å². The van der Waals surface area contributed by atoms with Gasteiger partial charge in [0.25, 0.3) is 0 Å². The molecule has 1 aromatic carbocycles. The summed E-state index contributed by atoms with van der Waals surface area (Å²) < 4.78 is 0. The summed E-state index contributed by atoms with van der Waals surface area (Å²) >= 11 is 0. The molecule has 2 aromatic heterocycles. The zero-order valence-corrected chi connectivity index (χ0v) is 12.1. The second kappa shape index (κ2) is 5.40. The van der Waals surface area contributed by atoms with E-state index < -0.39 is 0 Å². The molecule has 4 nitrogen and oxygen atoms in total. The molecular formula is C17H17N3O. The Kier molecular flexibility index (Phi) is 3.44. The van der Waals surface area contributed by atoms with Gasteiger partial charge in [0.2, 0.25) is 5.91 Å². The highest BCUT2D eigenvalue weighted by molar-refractivity contribution is 5.96. The number of anilines is 1. The minimum Gasteiger partial charge on any atom is -0.358 e. The van der Waals surface area contributed by atoms with Gasteiger partial charge in [0.15, 0.2) is 0 Å². The third-order valence-electron chi connectivity index (χ3n) is 3.63. The van der Waals surface area contributed by atoms with E-state index >= 15 is 0 Å². The molecule has 106 valence electrons. The van der Waals surface area contributed by atoms with Gasteiger partial charge < -0.3 is 10.3 Å². The minimum absolute atomic E-state index is 0.0512. The van der Waals surface area contributed by atoms with Crippen LogP contribution in [0.2, 0.25) is 0 Å². The molecule has 3 aromatic rings. The number of hydrogen-bond acceptors (Lipinski definition) is 2. The fourth-order valence-electron chi connectivity index (χ4n) is 2.52. The van der Waals surface area contributed by atoms with E-state index in [1.54, 1.807) is 6.20 Å². The maximum atomic E-state index is 12.3. The number of nitrogens with zero attached hydrogens (tertiary/aromatic N) is 1. The highest BCUT2D eigenvalue weighted by Gasteiger charge is 2.13. The molecule has 4 heteroatoms. The van der Waals surface area contributed by atoms with Crippen molar-refractivity contribution in [2.24, 2.45) is 0 Å². The van der Waals surface area contributed by atoms with Crippen molar-refractivity contribution < 1.29 is 4.79 Å². The van der Waals surface area contributed by atoms with Gasteiger partial charge in [-0.2, -0.15) is 0 Å². The van der Waals surface area contributed by atoms with E-state index in [1.165, 1.54) is 0 Å². The first-order chi connectivity index (χ1) is 10.1. The van der Waals surface area contributed by atoms with E-state index in [-0.39, 0.29) is 5.91 Å². The van der Waals surface area contributed by atoms with E-state index in [4.69, 9.17) is 0 Å². The van der Waals surface area contributed by atoms with E-state index in [9.17, 15) is 4.79 Å². The number of H-pyrrole nitrogens is 1. The van der Waals surface area contributed by atoms with Crippen LogP contribution in [0.3, 0.4) is 0 Å². The van der Waals surface area contributed by atoms with Gasteiger partial charge in [-0.3, -0.25) is 4.79 Å². The van der Waals surface area contributed by atoms with E-state index in [0.717, 1.165) is 27.7 Å². The van der Waals surface area contributed by atoms with Crippen LogP contribution in [0.25, 0.3) is 10.9 Å². The Balaban J connectivity index is 1.84. The van der Waals surface area contributed by atoms with Crippen molar-refractivity contribution in [3.8, 4) is 0 Å². The summed E-state index contributed by atoms with van der Waals surface area (Å²) in [7, 11) is 0. The Bertz CT molecular complexity index is 805. The van der Waals surface area contributed by atoms with Crippen LogP contribution in [0.4, 0.5) is 5.82 Å². The number of aromatic amines is 1. The van der Waals surface area contributed by atoms with Crippen molar-refractivity contribution in [1.82, 2.24) is 9.97 Å². The normalized spacial score (nSPS) is 10.8. The Morgan fingerprint density at radius 1 is 1.19 bits per heavy atom. The fraction of sp³-hybridized carbons (Fsp3) is 0.176. The number of hydrogen-bond donors (Lipinski definition) is 2. The molecule has 0 spiro atoms. The maximum absolute atomic E-state index is 12.3. The van der Waals surface area contributed by atoms with Crippen molar-refractivity contribution in [3.05, 3.63) is 59.4 Å². The molecule has 21 heavy (non-hydrogen) atoms. The molecule has 3 rings (SSSR count). The van der Waals surface area contributed by atoms with E-state index in [0.29, 0.717) is 12.2 Å². The van der Waals surface area contributed by atoms with E-state index in [1.807, 2.05) is 50.2 Å². The van der Waals surface area contributed by atoms with Gasteiger partial charge in [-0.15, -0.1) is 0 Å². The first kappa shape index (κ1) is 13.4. The van der Waals surface area contributed by atoms with Crippen LogP contribution in [0, 0.1) is 13.8 Å². The molecule has 0 aliphatic heterocycles. The molecule has 0 fully saturated rings. The van der Waals surface area contributed by atoms with Crippen LogP contribution in [-0.2, 0) is 11.2 Å². The second-order valence-corrected chi connectivity index (χ2v) is 5.17. The molecule has 0 unspecified atom stereocenters. The lowest BCUT2D eigenvalue weighted by Gasteiger charge is -2.07. The number of rotatable bonds is 3. The second-order valence-electron chi connectivity index (χ2n) is 5.17. The summed E-state index contributed by atoms with van der Waals surface area (Å²) in [6.07, 6.45) is 2.02. The minimum atomic E-state index is -0.0512. The smallest absolute Gasteiger partial charge is 0.230 e. The summed E-state index contributed by atoms with van der Waals surface area (Å²) in [6, 6.07) is 11.8. The molecule has 0 bridgehead atoms. The van der Waals surface area contributed by atoms with Crippen LogP contribution in [0.1, 0.15) is 16.8 Å². The first-order valence-corrected chi connectivity index (χ1v) is 6.93. The predicted octanol–water partition coefficient (Wildman–Crippen LogP) is 3.36. The van der Waals surface area contributed by atoms with Crippen molar-refractivity contribution >= 4 is 22.6 Å². The average molecular weight is 279 g/mol. The average Bonchev–Trinajstić information content (AvgIpc) is 2.78. The van der Waals surface area contributed by atoms with Gasteiger partial charge in [-0.05, 0) is 37.1 Å². The Hall–Kier alpha value is -2.62. The van der Waals surface area contributed by atoms with Crippen LogP contribution >= 0.6 is 0 Å². The quantitative estimate of drug-likeness (QED) is 0.772. The number of fused-ring (bicyclic) bond motifs is 1. The third-order valence-corrected chi connectivity index (χ3v) is 3.63. The summed E-state index contributed by atoms with van der Waals surface area (Å²) in [5.74, 6) is 0.574. The van der Waals surface area contributed by atoms with Gasteiger partial charge in [0.05, 0.1) is 6.42 Å². The van der Waals surface area contributed by atoms with Gasteiger partial charge in [0.1, 0.15) is 5.82 Å². The molecule has 0 aliphatic carbocycles. The number of carbonyl (C=O) groups is 1. The predicted molar refractivity (Wildman–Crippen MR) is 84.3 cm³/mol. The van der Waals surface area contributed by atoms with Crippen LogP contribution < -0.4 is 5.32 Å². The number of nitrogens with one attached hydrogen (secondary N) is 2. The molecule has 0 saturated carbocycles. The monoisotopic (exact) mass is 279 g/mol. The molecule has 0 atom stereocenters. The molecule has 2 heterocycles. The van der Waals surface area contributed by atoms with Crippen molar-refractivity contribution in [2.45, 2.75) is 20.3 Å². The first-order valence-electron chi connectivity index (χ1n) is 6.93. The molecule has 0 aliphatic rings. The van der Waals surface area contributed by atoms with Crippen LogP contribution in [0.5, 0.6) is 0 Å². The zero-order chi connectivity index (χ0) is 14.8. The molecule has 0 saturated heterocycles. The van der Waals surface area contributed by atoms with Crippen molar-refractivity contribution in [1.29, 1.82) is 0 Å². The van der Waals surface area contributed by atoms with Gasteiger partial charge in [-0.1, -0.05) is 24.3 Å². The maximum Gasteiger partial charge on any atom is 0.230 e. The Morgan fingerprint density at radius 2 is 2.00 bits per heavy atom. The fourth-order valence-corrected chi connectivity index (χ4v) is 2.52. The number of benzene rings is 1. The zero-order valence-electron chi connectivity index (χ0n) is 12.1. The number of aromatic nitrogens is 2. The number of para-hydroxylation sites is 1. The lowest BCUT2D eigenvalue weighted by atomic mass is 10.1. The highest BCUT2D eigenvalue weighted by Crippen LogP contribution is 2.22. The number of amides is 1. The SMILES string of the molecule is Cc1cccnc1NC(=O)Cc1c(C)[nH]c2ccccc12. The number of pyridine rings is 1. The van der Waals surface area contributed by atoms with Gasteiger partial charge in [-0.25, -0.2) is 4.98 Å². The van der Waals surface area contributed by atoms with Crippen molar-refractivity contribution in [3.63, 3.8) is 0 Å². The topological polar surface area (TPSA) is 57.8 Å². The Morgan fingerprint density at radius 3 is 2.81 bits per heavy atom. The summed E-state index contributed by atoms with van der Waals surface area (Å²) in [5, 5.41) is 3.98. The van der Waals surface area contributed by atoms with Crippen LogP contribution in [0.15, 0.2) is 42.6 Å². The van der Waals surface area contributed by atoms with Gasteiger partial charge in [0, 0.05) is 22.8 Å². The lowest BCUT2D eigenvalue weighted by molar-refractivity contribution is -0.115. The summed E-state index contributed by atoms with van der Waals surface area (Å²) in [4.78, 5) is 19.8.